The molecule has 0 aromatic heterocycles. The second-order valence-electron chi connectivity index (χ2n) is 6.89. The van der Waals surface area contributed by atoms with Gasteiger partial charge in [-0.25, -0.2) is 4.79 Å². The number of fused-ring (bicyclic) bond motifs is 2. The summed E-state index contributed by atoms with van der Waals surface area (Å²) < 4.78 is 0. The van der Waals surface area contributed by atoms with E-state index in [9.17, 15) is 19.8 Å². The Morgan fingerprint density at radius 2 is 1.74 bits per heavy atom. The minimum Gasteiger partial charge on any atom is -0.508 e. The summed E-state index contributed by atoms with van der Waals surface area (Å²) >= 11 is 0. The van der Waals surface area contributed by atoms with Crippen LogP contribution in [-0.2, 0) is 4.79 Å². The zero-order valence-corrected chi connectivity index (χ0v) is 15.7. The second-order valence-corrected chi connectivity index (χ2v) is 10.4. The largest absolute Gasteiger partial charge is 0.508 e. The molecule has 1 aliphatic heterocycles. The molecular formula is C22H18O4S. The molecule has 1 heterocycles. The van der Waals surface area contributed by atoms with E-state index in [0.717, 1.165) is 26.5 Å². The van der Waals surface area contributed by atoms with Crippen molar-refractivity contribution < 1.29 is 19.8 Å². The first kappa shape index (κ1) is 17.4. The third kappa shape index (κ3) is 2.62. The van der Waals surface area contributed by atoms with Gasteiger partial charge in [-0.05, 0) is 77.3 Å². The summed E-state index contributed by atoms with van der Waals surface area (Å²) in [4.78, 5) is 25.8. The molecule has 4 rings (SSSR count). The van der Waals surface area contributed by atoms with E-state index in [1.54, 1.807) is 42.5 Å². The molecule has 27 heavy (non-hydrogen) atoms. The Kier molecular flexibility index (Phi) is 3.86. The van der Waals surface area contributed by atoms with Gasteiger partial charge in [-0.2, -0.15) is 10.0 Å². The number of allylic oxidation sites excluding steroid dienone is 4. The molecule has 0 amide bonds. The lowest BCUT2D eigenvalue weighted by Crippen LogP contribution is -2.17. The summed E-state index contributed by atoms with van der Waals surface area (Å²) in [5, 5.41) is 19.8. The molecule has 2 aromatic carbocycles. The Morgan fingerprint density at radius 3 is 2.48 bits per heavy atom. The third-order valence-electron chi connectivity index (χ3n) is 4.98. The van der Waals surface area contributed by atoms with Gasteiger partial charge in [0.1, 0.15) is 5.75 Å². The Balaban J connectivity index is 2.15. The number of carbonyl (C=O) groups is 2. The number of carbonyl (C=O) groups excluding carboxylic acids is 1. The van der Waals surface area contributed by atoms with Crippen molar-refractivity contribution in [3.63, 3.8) is 0 Å². The van der Waals surface area contributed by atoms with Crippen molar-refractivity contribution in [2.45, 2.75) is 4.90 Å². The van der Waals surface area contributed by atoms with Gasteiger partial charge in [0.2, 0.25) is 0 Å². The Bertz CT molecular complexity index is 1100. The molecule has 1 aliphatic carbocycles. The smallest absolute Gasteiger partial charge is 0.336 e. The predicted molar refractivity (Wildman–Crippen MR) is 107 cm³/mol. The normalized spacial score (nSPS) is 18.4. The molecule has 2 aromatic rings. The number of aromatic hydroxyl groups is 1. The van der Waals surface area contributed by atoms with Crippen molar-refractivity contribution in [2.75, 3.05) is 12.5 Å². The summed E-state index contributed by atoms with van der Waals surface area (Å²) in [7, 11) is -1.55. The minimum absolute atomic E-state index is 0.0798. The van der Waals surface area contributed by atoms with E-state index in [1.165, 1.54) is 6.08 Å². The van der Waals surface area contributed by atoms with Crippen molar-refractivity contribution in [3.8, 4) is 5.75 Å². The van der Waals surface area contributed by atoms with Crippen molar-refractivity contribution >= 4 is 27.4 Å². The first-order valence-electron chi connectivity index (χ1n) is 8.38. The zero-order valence-electron chi connectivity index (χ0n) is 14.9. The van der Waals surface area contributed by atoms with Crippen molar-refractivity contribution in [1.29, 1.82) is 0 Å². The highest BCUT2D eigenvalue weighted by Gasteiger charge is 2.36. The van der Waals surface area contributed by atoms with Crippen LogP contribution in [0.15, 0.2) is 76.1 Å². The number of ketones is 1. The van der Waals surface area contributed by atoms with Gasteiger partial charge in [-0.15, -0.1) is 0 Å². The Labute approximate surface area is 158 Å². The summed E-state index contributed by atoms with van der Waals surface area (Å²) in [6.07, 6.45) is 9.12. The predicted octanol–water partition coefficient (Wildman–Crippen LogP) is 4.35. The van der Waals surface area contributed by atoms with Crippen molar-refractivity contribution in [3.05, 3.63) is 87.9 Å². The fourth-order valence-corrected chi connectivity index (χ4v) is 6.22. The van der Waals surface area contributed by atoms with E-state index in [-0.39, 0.29) is 17.1 Å². The first-order chi connectivity index (χ1) is 12.8. The molecule has 5 heteroatoms. The molecule has 4 nitrogen and oxygen atoms in total. The molecule has 0 saturated heterocycles. The molecule has 0 bridgehead atoms. The highest BCUT2D eigenvalue weighted by atomic mass is 32.3. The van der Waals surface area contributed by atoms with Gasteiger partial charge in [0.05, 0.1) is 5.56 Å². The summed E-state index contributed by atoms with van der Waals surface area (Å²) in [5.74, 6) is -0.927. The molecule has 0 spiro atoms. The van der Waals surface area contributed by atoms with Crippen LogP contribution in [0.5, 0.6) is 5.75 Å². The number of benzene rings is 2. The number of rotatable bonds is 2. The number of hydrogen-bond donors (Lipinski definition) is 2. The molecule has 2 N–H and O–H groups in total. The standard InChI is InChI=1S/C22H18O4S/c1-27(2)19-11-13(23)7-9-17(19)21(18-10-8-14(24)12-20(18)27)15-5-3-4-6-16(15)22(25)26/h3-12,23H,1-2H3,(H,25,26). The van der Waals surface area contributed by atoms with E-state index in [0.29, 0.717) is 5.56 Å². The summed E-state index contributed by atoms with van der Waals surface area (Å²) in [6, 6.07) is 12.1. The van der Waals surface area contributed by atoms with Crippen LogP contribution in [0, 0.1) is 0 Å². The van der Waals surface area contributed by atoms with Crippen LogP contribution in [0.3, 0.4) is 0 Å². The van der Waals surface area contributed by atoms with E-state index in [1.807, 2.05) is 12.1 Å². The van der Waals surface area contributed by atoms with Crippen molar-refractivity contribution in [2.24, 2.45) is 0 Å². The van der Waals surface area contributed by atoms with Crippen LogP contribution < -0.4 is 0 Å². The topological polar surface area (TPSA) is 74.6 Å². The van der Waals surface area contributed by atoms with Crippen LogP contribution >= 0.6 is 10.0 Å². The minimum atomic E-state index is -1.55. The maximum Gasteiger partial charge on any atom is 0.336 e. The molecule has 0 saturated carbocycles. The van der Waals surface area contributed by atoms with Crippen molar-refractivity contribution in [1.82, 2.24) is 0 Å². The fourth-order valence-electron chi connectivity index (χ4n) is 3.71. The van der Waals surface area contributed by atoms with E-state index in [4.69, 9.17) is 0 Å². The van der Waals surface area contributed by atoms with E-state index < -0.39 is 16.0 Å². The number of carboxylic acids is 1. The number of phenolic OH excluding ortho intramolecular Hbond substituents is 1. The van der Waals surface area contributed by atoms with Gasteiger partial charge in [-0.3, -0.25) is 4.79 Å². The van der Waals surface area contributed by atoms with E-state index >= 15 is 0 Å². The SMILES string of the molecule is CS1(C)C2=CC(=O)C=CC2=C(c2ccccc2C(=O)O)c2ccc(O)cc21. The lowest BCUT2D eigenvalue weighted by molar-refractivity contribution is -0.110. The molecular weight excluding hydrogens is 360 g/mol. The van der Waals surface area contributed by atoms with Crippen LogP contribution in [0.25, 0.3) is 5.57 Å². The average Bonchev–Trinajstić information content (AvgIpc) is 2.63. The molecule has 2 aliphatic rings. The Hall–Kier alpha value is -3.05. The Morgan fingerprint density at radius 1 is 1.00 bits per heavy atom. The molecule has 0 radical (unpaired) electrons. The van der Waals surface area contributed by atoms with Crippen LogP contribution in [0.2, 0.25) is 0 Å². The average molecular weight is 378 g/mol. The van der Waals surface area contributed by atoms with Gasteiger partial charge in [-0.1, -0.05) is 18.2 Å². The van der Waals surface area contributed by atoms with Gasteiger partial charge < -0.3 is 10.2 Å². The first-order valence-corrected chi connectivity index (χ1v) is 10.8. The lowest BCUT2D eigenvalue weighted by Gasteiger charge is -2.43. The molecule has 136 valence electrons. The summed E-state index contributed by atoms with van der Waals surface area (Å²) in [6.45, 7) is 0. The number of phenols is 1. The quantitative estimate of drug-likeness (QED) is 0.815. The number of aromatic carboxylic acids is 1. The number of hydrogen-bond acceptors (Lipinski definition) is 3. The maximum atomic E-state index is 12.1. The van der Waals surface area contributed by atoms with E-state index in [2.05, 4.69) is 12.5 Å². The molecule has 0 atom stereocenters. The van der Waals surface area contributed by atoms with Gasteiger partial charge in [0.25, 0.3) is 0 Å². The monoisotopic (exact) mass is 378 g/mol. The summed E-state index contributed by atoms with van der Waals surface area (Å²) in [5.41, 5.74) is 3.36. The van der Waals surface area contributed by atoms with Crippen LogP contribution in [-0.4, -0.2) is 34.5 Å². The highest BCUT2D eigenvalue weighted by molar-refractivity contribution is 8.36. The van der Waals surface area contributed by atoms with Gasteiger partial charge in [0, 0.05) is 9.80 Å². The van der Waals surface area contributed by atoms with Gasteiger partial charge >= 0.3 is 5.97 Å². The third-order valence-corrected chi connectivity index (χ3v) is 7.86. The zero-order chi connectivity index (χ0) is 19.3. The molecule has 0 fully saturated rings. The number of carboxylic acid groups (broad SMARTS) is 1. The maximum absolute atomic E-state index is 12.1. The lowest BCUT2D eigenvalue weighted by atomic mass is 9.87. The molecule has 0 unspecified atom stereocenters. The van der Waals surface area contributed by atoms with Crippen LogP contribution in [0.4, 0.5) is 0 Å². The van der Waals surface area contributed by atoms with Gasteiger partial charge in [0.15, 0.2) is 5.78 Å². The fraction of sp³-hybridized carbons (Fsp3) is 0.0909. The highest BCUT2D eigenvalue weighted by Crippen LogP contribution is 2.66. The van der Waals surface area contributed by atoms with Crippen LogP contribution in [0.1, 0.15) is 21.5 Å². The second kappa shape index (κ2) is 5.99.